The molecule has 5 rings (SSSR count). The lowest BCUT2D eigenvalue weighted by molar-refractivity contribution is -0.111. The fourth-order valence-electron chi connectivity index (χ4n) is 4.43. The second-order valence-electron chi connectivity index (χ2n) is 8.61. The van der Waals surface area contributed by atoms with Crippen molar-refractivity contribution in [3.63, 3.8) is 0 Å². The molecule has 194 valence electrons. The monoisotopic (exact) mass is 531 g/mol. The molecule has 0 atom stereocenters. The number of nitrogens with one attached hydrogen (secondary N) is 2. The Hall–Kier alpha value is -4.44. The fraction of sp³-hybridized carbons (Fsp3) is 0.222. The molecule has 11 heteroatoms. The number of aromatic nitrogens is 3. The summed E-state index contributed by atoms with van der Waals surface area (Å²) in [4.78, 5) is 20.6. The van der Waals surface area contributed by atoms with Crippen LogP contribution in [0.25, 0.3) is 11.2 Å². The molecule has 0 fully saturated rings. The fourth-order valence-corrected chi connectivity index (χ4v) is 4.73. The summed E-state index contributed by atoms with van der Waals surface area (Å²) in [5, 5.41) is 16.4. The van der Waals surface area contributed by atoms with Crippen LogP contribution >= 0.6 is 11.6 Å². The van der Waals surface area contributed by atoms with Gasteiger partial charge in [0.1, 0.15) is 22.8 Å². The molecule has 1 aliphatic heterocycles. The number of carbonyl (C=O) groups excluding carboxylic acids is 1. The third-order valence-electron chi connectivity index (χ3n) is 6.35. The zero-order valence-corrected chi connectivity index (χ0v) is 22.0. The lowest BCUT2D eigenvalue weighted by Crippen LogP contribution is -2.38. The van der Waals surface area contributed by atoms with E-state index >= 15 is 0 Å². The number of amides is 1. The Bertz CT molecular complexity index is 1670. The van der Waals surface area contributed by atoms with Gasteiger partial charge in [-0.15, -0.1) is 10.2 Å². The van der Waals surface area contributed by atoms with Crippen LogP contribution in [0.2, 0.25) is 0 Å². The SMILES string of the molecule is C=CC(=O)Nc1ccc(Cc2nnc3c(=C4CC(OC)=CC(OC)=C4Cl)cc4c(n23)=NC(=NC)NC4)cc1. The standard InChI is InChI=1S/C27H26ClN7O3/c1-5-23(36)31-17-8-6-15(7-9-17)10-22-33-34-26-20(19-12-18(37-3)13-21(38-4)24(19)28)11-16-14-30-27(29-2)32-25(16)35(22)26/h5-9,11,13H,1,10,12,14H2,2-4H3,(H,29,30)(H,31,36). The molecule has 2 N–H and O–H groups in total. The van der Waals surface area contributed by atoms with Gasteiger partial charge in [0, 0.05) is 49.0 Å². The average Bonchev–Trinajstić information content (AvgIpc) is 3.37. The van der Waals surface area contributed by atoms with Gasteiger partial charge in [-0.25, -0.2) is 0 Å². The number of halogens is 1. The molecule has 0 spiro atoms. The molecule has 0 unspecified atom stereocenters. The van der Waals surface area contributed by atoms with Crippen LogP contribution in [-0.2, 0) is 27.2 Å². The van der Waals surface area contributed by atoms with Gasteiger partial charge in [0.05, 0.1) is 19.3 Å². The third kappa shape index (κ3) is 4.66. The van der Waals surface area contributed by atoms with Gasteiger partial charge in [0.15, 0.2) is 5.65 Å². The van der Waals surface area contributed by atoms with Gasteiger partial charge < -0.3 is 20.1 Å². The van der Waals surface area contributed by atoms with Crippen molar-refractivity contribution in [3.8, 4) is 0 Å². The van der Waals surface area contributed by atoms with Crippen LogP contribution in [-0.4, -0.2) is 47.7 Å². The van der Waals surface area contributed by atoms with Gasteiger partial charge in [0.25, 0.3) is 0 Å². The van der Waals surface area contributed by atoms with Crippen molar-refractivity contribution < 1.29 is 14.3 Å². The lowest BCUT2D eigenvalue weighted by atomic mass is 10.0. The summed E-state index contributed by atoms with van der Waals surface area (Å²) in [5.74, 6) is 2.21. The van der Waals surface area contributed by atoms with E-state index in [9.17, 15) is 4.79 Å². The zero-order chi connectivity index (χ0) is 26.8. The van der Waals surface area contributed by atoms with Gasteiger partial charge in [-0.1, -0.05) is 30.3 Å². The van der Waals surface area contributed by atoms with Crippen LogP contribution in [0.15, 0.2) is 75.6 Å². The first-order valence-corrected chi connectivity index (χ1v) is 12.2. The van der Waals surface area contributed by atoms with Gasteiger partial charge in [-0.2, -0.15) is 4.99 Å². The number of guanidine groups is 1. The molecule has 0 saturated carbocycles. The maximum atomic E-state index is 11.6. The van der Waals surface area contributed by atoms with Crippen LogP contribution in [0, 0.1) is 0 Å². The van der Waals surface area contributed by atoms with Crippen molar-refractivity contribution in [2.45, 2.75) is 19.4 Å². The molecular weight excluding hydrogens is 506 g/mol. The van der Waals surface area contributed by atoms with Crippen molar-refractivity contribution in [1.82, 2.24) is 19.9 Å². The van der Waals surface area contributed by atoms with Crippen molar-refractivity contribution in [2.24, 2.45) is 9.98 Å². The summed E-state index contributed by atoms with van der Waals surface area (Å²) >= 11 is 6.80. The highest BCUT2D eigenvalue weighted by Gasteiger charge is 2.23. The molecule has 1 amide bonds. The van der Waals surface area contributed by atoms with E-state index in [4.69, 9.17) is 26.1 Å². The molecule has 3 aromatic rings. The van der Waals surface area contributed by atoms with Crippen LogP contribution in [0.3, 0.4) is 0 Å². The molecule has 0 saturated heterocycles. The summed E-state index contributed by atoms with van der Waals surface area (Å²) in [7, 11) is 4.89. The molecule has 3 heterocycles. The second-order valence-corrected chi connectivity index (χ2v) is 8.99. The second kappa shape index (κ2) is 10.5. The third-order valence-corrected chi connectivity index (χ3v) is 6.76. The quantitative estimate of drug-likeness (QED) is 0.472. The van der Waals surface area contributed by atoms with Crippen molar-refractivity contribution in [2.75, 3.05) is 26.6 Å². The number of pyridine rings is 1. The highest BCUT2D eigenvalue weighted by atomic mass is 35.5. The van der Waals surface area contributed by atoms with Crippen molar-refractivity contribution in [1.29, 1.82) is 0 Å². The van der Waals surface area contributed by atoms with Crippen molar-refractivity contribution in [3.05, 3.63) is 93.3 Å². The van der Waals surface area contributed by atoms with Crippen LogP contribution < -0.4 is 21.3 Å². The first kappa shape index (κ1) is 25.2. The predicted octanol–water partition coefficient (Wildman–Crippen LogP) is 2.33. The van der Waals surface area contributed by atoms with E-state index in [1.54, 1.807) is 27.3 Å². The number of nitrogens with zero attached hydrogens (tertiary/aromatic N) is 5. The van der Waals surface area contributed by atoms with E-state index in [1.807, 2.05) is 34.7 Å². The number of hydrogen-bond donors (Lipinski definition) is 2. The first-order valence-electron chi connectivity index (χ1n) is 11.8. The number of methoxy groups -OCH3 is 2. The van der Waals surface area contributed by atoms with Gasteiger partial charge in [-0.05, 0) is 35.4 Å². The molecule has 10 nitrogen and oxygen atoms in total. The zero-order valence-electron chi connectivity index (χ0n) is 21.2. The minimum absolute atomic E-state index is 0.264. The smallest absolute Gasteiger partial charge is 0.247 e. The molecule has 0 bridgehead atoms. The van der Waals surface area contributed by atoms with Crippen molar-refractivity contribution >= 4 is 40.4 Å². The highest BCUT2D eigenvalue weighted by molar-refractivity contribution is 6.36. The van der Waals surface area contributed by atoms with Gasteiger partial charge >= 0.3 is 0 Å². The number of allylic oxidation sites excluding steroid dienone is 3. The lowest BCUT2D eigenvalue weighted by Gasteiger charge is -2.19. The Morgan fingerprint density at radius 1 is 1.26 bits per heavy atom. The molecule has 1 aliphatic carbocycles. The summed E-state index contributed by atoms with van der Waals surface area (Å²) in [5.41, 5.74) is 4.78. The molecule has 1 aromatic carbocycles. The van der Waals surface area contributed by atoms with Gasteiger partial charge in [-0.3, -0.25) is 14.2 Å². The number of hydrogen-bond acceptors (Lipinski definition) is 6. The highest BCUT2D eigenvalue weighted by Crippen LogP contribution is 2.33. The molecule has 2 aliphatic rings. The molecule has 0 radical (unpaired) electrons. The predicted molar refractivity (Wildman–Crippen MR) is 145 cm³/mol. The van der Waals surface area contributed by atoms with E-state index in [-0.39, 0.29) is 5.91 Å². The van der Waals surface area contributed by atoms with E-state index < -0.39 is 0 Å². The first-order chi connectivity index (χ1) is 18.4. The maximum absolute atomic E-state index is 11.6. The van der Waals surface area contributed by atoms with E-state index in [0.29, 0.717) is 58.8 Å². The largest absolute Gasteiger partial charge is 0.501 e. The number of carbonyl (C=O) groups is 1. The number of aliphatic imine (C=N–C) groups is 1. The number of ether oxygens (including phenoxy) is 2. The summed E-state index contributed by atoms with van der Waals surface area (Å²) in [6, 6.07) is 9.58. The topological polar surface area (TPSA) is 114 Å². The Morgan fingerprint density at radius 3 is 2.74 bits per heavy atom. The summed E-state index contributed by atoms with van der Waals surface area (Å²) in [6.45, 7) is 4.01. The number of rotatable bonds is 6. The maximum Gasteiger partial charge on any atom is 0.247 e. The van der Waals surface area contributed by atoms with E-state index in [2.05, 4.69) is 32.4 Å². The number of anilines is 1. The Labute approximate surface area is 223 Å². The molecular formula is C27H26ClN7O3. The number of fused-ring (bicyclic) bond motifs is 3. The van der Waals surface area contributed by atoms with E-state index in [0.717, 1.165) is 27.7 Å². The van der Waals surface area contributed by atoms with Gasteiger partial charge in [0.2, 0.25) is 11.9 Å². The van der Waals surface area contributed by atoms with E-state index in [1.165, 1.54) is 6.08 Å². The van der Waals surface area contributed by atoms with Crippen LogP contribution in [0.4, 0.5) is 5.69 Å². The van der Waals surface area contributed by atoms with Crippen LogP contribution in [0.5, 0.6) is 0 Å². The molecule has 2 aromatic heterocycles. The molecule has 38 heavy (non-hydrogen) atoms. The number of benzene rings is 1. The Morgan fingerprint density at radius 2 is 2.05 bits per heavy atom. The summed E-state index contributed by atoms with van der Waals surface area (Å²) < 4.78 is 13.0. The minimum atomic E-state index is -0.264. The Kier molecular flexibility index (Phi) is 6.97. The van der Waals surface area contributed by atoms with Crippen LogP contribution in [0.1, 0.15) is 23.4 Å². The Balaban J connectivity index is 1.70. The summed E-state index contributed by atoms with van der Waals surface area (Å²) in [6.07, 6.45) is 3.98. The minimum Gasteiger partial charge on any atom is -0.501 e. The normalized spacial score (nSPS) is 17.4. The average molecular weight is 532 g/mol.